The lowest BCUT2D eigenvalue weighted by Gasteiger charge is -2.14. The lowest BCUT2D eigenvalue weighted by atomic mass is 10.1. The fourth-order valence-electron chi connectivity index (χ4n) is 1.74. The van der Waals surface area contributed by atoms with Crippen LogP contribution < -0.4 is 11.1 Å². The largest absolute Gasteiger partial charge is 0.409 e. The first-order chi connectivity index (χ1) is 8.21. The Morgan fingerprint density at radius 1 is 1.41 bits per heavy atom. The van der Waals surface area contributed by atoms with Crippen molar-refractivity contribution in [1.29, 1.82) is 0 Å². The molecule has 94 valence electrons. The standard InChI is InChI=1S/C13H21N3O/c1-3-12(4-2)15-9-10-6-5-7-11(8-10)13(14)16-17/h5-8,12,15,17H,3-4,9H2,1-2H3,(H2,14,16). The average Bonchev–Trinajstić information content (AvgIpc) is 2.39. The summed E-state index contributed by atoms with van der Waals surface area (Å²) >= 11 is 0. The van der Waals surface area contributed by atoms with Gasteiger partial charge < -0.3 is 16.3 Å². The normalized spacial score (nSPS) is 12.1. The van der Waals surface area contributed by atoms with E-state index in [2.05, 4.69) is 24.3 Å². The van der Waals surface area contributed by atoms with E-state index in [-0.39, 0.29) is 5.84 Å². The Labute approximate surface area is 103 Å². The molecule has 4 nitrogen and oxygen atoms in total. The lowest BCUT2D eigenvalue weighted by Crippen LogP contribution is -2.27. The minimum atomic E-state index is 0.148. The predicted octanol–water partition coefficient (Wildman–Crippen LogP) is 2.06. The lowest BCUT2D eigenvalue weighted by molar-refractivity contribution is 0.318. The van der Waals surface area contributed by atoms with Crippen molar-refractivity contribution in [3.63, 3.8) is 0 Å². The van der Waals surface area contributed by atoms with Crippen LogP contribution in [0.15, 0.2) is 29.4 Å². The quantitative estimate of drug-likeness (QED) is 0.306. The first kappa shape index (κ1) is 13.5. The number of nitrogens with one attached hydrogen (secondary N) is 1. The van der Waals surface area contributed by atoms with Crippen LogP contribution >= 0.6 is 0 Å². The molecule has 0 aliphatic rings. The van der Waals surface area contributed by atoms with Gasteiger partial charge >= 0.3 is 0 Å². The smallest absolute Gasteiger partial charge is 0.170 e. The summed E-state index contributed by atoms with van der Waals surface area (Å²) in [6, 6.07) is 8.25. The molecule has 0 bridgehead atoms. The molecule has 1 aromatic carbocycles. The molecule has 0 radical (unpaired) electrons. The van der Waals surface area contributed by atoms with E-state index in [1.165, 1.54) is 0 Å². The van der Waals surface area contributed by atoms with E-state index >= 15 is 0 Å². The van der Waals surface area contributed by atoms with E-state index in [0.717, 1.165) is 30.5 Å². The summed E-state index contributed by atoms with van der Waals surface area (Å²) in [7, 11) is 0. The third kappa shape index (κ3) is 4.07. The van der Waals surface area contributed by atoms with Crippen LogP contribution in [0.2, 0.25) is 0 Å². The third-order valence-corrected chi connectivity index (χ3v) is 2.91. The number of nitrogens with two attached hydrogens (primary N) is 1. The van der Waals surface area contributed by atoms with Crippen LogP contribution in [0.1, 0.15) is 37.8 Å². The van der Waals surface area contributed by atoms with Crippen molar-refractivity contribution in [2.24, 2.45) is 10.9 Å². The van der Waals surface area contributed by atoms with Gasteiger partial charge in [-0.25, -0.2) is 0 Å². The van der Waals surface area contributed by atoms with Gasteiger partial charge in [0.15, 0.2) is 5.84 Å². The minimum Gasteiger partial charge on any atom is -0.409 e. The summed E-state index contributed by atoms with van der Waals surface area (Å²) in [6.07, 6.45) is 2.24. The minimum absolute atomic E-state index is 0.148. The highest BCUT2D eigenvalue weighted by atomic mass is 16.4. The van der Waals surface area contributed by atoms with Gasteiger partial charge in [-0.3, -0.25) is 0 Å². The Balaban J connectivity index is 2.66. The summed E-state index contributed by atoms with van der Waals surface area (Å²) in [5.41, 5.74) is 7.44. The Morgan fingerprint density at radius 3 is 2.71 bits per heavy atom. The van der Waals surface area contributed by atoms with E-state index in [1.54, 1.807) is 0 Å². The Hall–Kier alpha value is -1.55. The molecule has 0 aliphatic carbocycles. The fourth-order valence-corrected chi connectivity index (χ4v) is 1.74. The maximum Gasteiger partial charge on any atom is 0.170 e. The molecular formula is C13H21N3O. The van der Waals surface area contributed by atoms with Gasteiger partial charge in [0, 0.05) is 18.2 Å². The van der Waals surface area contributed by atoms with Crippen molar-refractivity contribution < 1.29 is 5.21 Å². The van der Waals surface area contributed by atoms with Crippen molar-refractivity contribution in [3.8, 4) is 0 Å². The van der Waals surface area contributed by atoms with Gasteiger partial charge in [-0.15, -0.1) is 0 Å². The summed E-state index contributed by atoms with van der Waals surface area (Å²) in [4.78, 5) is 0. The highest BCUT2D eigenvalue weighted by Crippen LogP contribution is 2.06. The van der Waals surface area contributed by atoms with Gasteiger partial charge in [0.1, 0.15) is 0 Å². The molecule has 0 saturated heterocycles. The zero-order chi connectivity index (χ0) is 12.7. The zero-order valence-electron chi connectivity index (χ0n) is 10.5. The van der Waals surface area contributed by atoms with Crippen LogP contribution in [0.4, 0.5) is 0 Å². The van der Waals surface area contributed by atoms with Crippen molar-refractivity contribution >= 4 is 5.84 Å². The third-order valence-electron chi connectivity index (χ3n) is 2.91. The van der Waals surface area contributed by atoms with Crippen LogP contribution in [0.5, 0.6) is 0 Å². The van der Waals surface area contributed by atoms with E-state index in [1.807, 2.05) is 24.3 Å². The molecule has 0 fully saturated rings. The van der Waals surface area contributed by atoms with Gasteiger partial charge in [-0.05, 0) is 24.5 Å². The monoisotopic (exact) mass is 235 g/mol. The Morgan fingerprint density at radius 2 is 2.12 bits per heavy atom. The van der Waals surface area contributed by atoms with Gasteiger partial charge in [0.05, 0.1) is 0 Å². The maximum atomic E-state index is 8.62. The average molecular weight is 235 g/mol. The SMILES string of the molecule is CCC(CC)NCc1cccc(C(N)=NO)c1. The molecule has 0 amide bonds. The second-order valence-electron chi connectivity index (χ2n) is 4.08. The number of hydrogen-bond donors (Lipinski definition) is 3. The molecule has 0 heterocycles. The van der Waals surface area contributed by atoms with Crippen molar-refractivity contribution in [1.82, 2.24) is 5.32 Å². The van der Waals surface area contributed by atoms with E-state index in [9.17, 15) is 0 Å². The number of hydrogen-bond acceptors (Lipinski definition) is 3. The van der Waals surface area contributed by atoms with E-state index < -0.39 is 0 Å². The highest BCUT2D eigenvalue weighted by molar-refractivity contribution is 5.97. The first-order valence-electron chi connectivity index (χ1n) is 6.01. The summed E-state index contributed by atoms with van der Waals surface area (Å²) in [5.74, 6) is 0.148. The molecule has 0 unspecified atom stereocenters. The number of benzene rings is 1. The molecule has 0 aliphatic heterocycles. The van der Waals surface area contributed by atoms with Crippen LogP contribution in [0.25, 0.3) is 0 Å². The topological polar surface area (TPSA) is 70.6 Å². The Kier molecular flexibility index (Phi) is 5.49. The fraction of sp³-hybridized carbons (Fsp3) is 0.462. The number of rotatable bonds is 6. The summed E-state index contributed by atoms with van der Waals surface area (Å²) < 4.78 is 0. The Bertz CT molecular complexity index is 373. The molecule has 0 spiro atoms. The molecule has 0 saturated carbocycles. The molecule has 17 heavy (non-hydrogen) atoms. The van der Waals surface area contributed by atoms with E-state index in [4.69, 9.17) is 10.9 Å². The van der Waals surface area contributed by atoms with Crippen LogP contribution in [0.3, 0.4) is 0 Å². The summed E-state index contributed by atoms with van der Waals surface area (Å²) in [6.45, 7) is 5.15. The van der Waals surface area contributed by atoms with Crippen LogP contribution in [0, 0.1) is 0 Å². The molecule has 0 aromatic heterocycles. The second-order valence-corrected chi connectivity index (χ2v) is 4.08. The molecular weight excluding hydrogens is 214 g/mol. The van der Waals surface area contributed by atoms with Gasteiger partial charge in [-0.2, -0.15) is 0 Å². The second kappa shape index (κ2) is 6.91. The summed E-state index contributed by atoms with van der Waals surface area (Å²) in [5, 5.41) is 15.1. The zero-order valence-corrected chi connectivity index (χ0v) is 10.5. The molecule has 4 heteroatoms. The number of oxime groups is 1. The first-order valence-corrected chi connectivity index (χ1v) is 6.01. The van der Waals surface area contributed by atoms with Crippen LogP contribution in [-0.4, -0.2) is 17.1 Å². The highest BCUT2D eigenvalue weighted by Gasteiger charge is 2.04. The molecule has 1 rings (SSSR count). The van der Waals surface area contributed by atoms with Crippen LogP contribution in [-0.2, 0) is 6.54 Å². The van der Waals surface area contributed by atoms with Crippen molar-refractivity contribution in [2.45, 2.75) is 39.3 Å². The van der Waals surface area contributed by atoms with Gasteiger partial charge in [0.25, 0.3) is 0 Å². The maximum absolute atomic E-state index is 8.62. The van der Waals surface area contributed by atoms with E-state index in [0.29, 0.717) is 6.04 Å². The number of nitrogens with zero attached hydrogens (tertiary/aromatic N) is 1. The van der Waals surface area contributed by atoms with Gasteiger partial charge in [0.2, 0.25) is 0 Å². The molecule has 1 aromatic rings. The van der Waals surface area contributed by atoms with Gasteiger partial charge in [-0.1, -0.05) is 37.2 Å². The number of amidine groups is 1. The molecule has 4 N–H and O–H groups in total. The van der Waals surface area contributed by atoms with Crippen molar-refractivity contribution in [2.75, 3.05) is 0 Å². The van der Waals surface area contributed by atoms with Crippen molar-refractivity contribution in [3.05, 3.63) is 35.4 Å². The predicted molar refractivity (Wildman–Crippen MR) is 70.2 cm³/mol. The molecule has 0 atom stereocenters.